The van der Waals surface area contributed by atoms with Crippen LogP contribution in [0.25, 0.3) is 10.4 Å². The second kappa shape index (κ2) is 9.13. The summed E-state index contributed by atoms with van der Waals surface area (Å²) in [5, 5.41) is 5.30. The maximum atomic E-state index is 12.2. The summed E-state index contributed by atoms with van der Waals surface area (Å²) >= 11 is 1.78. The Balaban J connectivity index is 1.25. The first-order chi connectivity index (χ1) is 13.8. The van der Waals surface area contributed by atoms with Gasteiger partial charge in [-0.25, -0.2) is 0 Å². The van der Waals surface area contributed by atoms with Crippen LogP contribution in [-0.2, 0) is 17.8 Å². The smallest absolute Gasteiger partial charge is 0.226 e. The van der Waals surface area contributed by atoms with Crippen LogP contribution < -0.4 is 5.32 Å². The Bertz CT molecular complexity index is 887. The summed E-state index contributed by atoms with van der Waals surface area (Å²) in [6.07, 6.45) is 4.09. The lowest BCUT2D eigenvalue weighted by Gasteiger charge is -2.32. The molecule has 5 heteroatoms. The van der Waals surface area contributed by atoms with Crippen molar-refractivity contribution in [3.8, 4) is 10.4 Å². The molecule has 0 bridgehead atoms. The molecule has 0 aliphatic carbocycles. The van der Waals surface area contributed by atoms with E-state index >= 15 is 0 Å². The minimum absolute atomic E-state index is 0.0702. The standard InChI is InChI=1S/C23H25N3OS/c27-23(16-21-7-1-2-11-24-21)25-20-9-12-26(13-10-20)17-18-5-3-6-19(15-18)22-8-4-14-28-22/h1-8,11,14-15,20H,9-10,12-13,16-17H2,(H,25,27). The van der Waals surface area contributed by atoms with E-state index in [0.29, 0.717) is 6.42 Å². The number of hydrogen-bond acceptors (Lipinski definition) is 4. The predicted octanol–water partition coefficient (Wildman–Crippen LogP) is 4.13. The van der Waals surface area contributed by atoms with E-state index in [9.17, 15) is 4.79 Å². The third-order valence-electron chi connectivity index (χ3n) is 5.16. The summed E-state index contributed by atoms with van der Waals surface area (Å²) in [6, 6.07) is 19.0. The quantitative estimate of drug-likeness (QED) is 0.687. The first-order valence-electron chi connectivity index (χ1n) is 9.81. The van der Waals surface area contributed by atoms with Crippen molar-refractivity contribution in [3.63, 3.8) is 0 Å². The number of nitrogens with one attached hydrogen (secondary N) is 1. The van der Waals surface area contributed by atoms with Gasteiger partial charge in [0.05, 0.1) is 6.42 Å². The SMILES string of the molecule is O=C(Cc1ccccn1)NC1CCN(Cc2cccc(-c3cccs3)c2)CC1. The first-order valence-corrected chi connectivity index (χ1v) is 10.7. The van der Waals surface area contributed by atoms with Crippen molar-refractivity contribution in [1.82, 2.24) is 15.2 Å². The van der Waals surface area contributed by atoms with Gasteiger partial charge in [-0.3, -0.25) is 14.7 Å². The fourth-order valence-electron chi connectivity index (χ4n) is 3.71. The van der Waals surface area contributed by atoms with Crippen molar-refractivity contribution >= 4 is 17.2 Å². The normalized spacial score (nSPS) is 15.4. The van der Waals surface area contributed by atoms with Gasteiger partial charge in [0.25, 0.3) is 0 Å². The Morgan fingerprint density at radius 2 is 2.00 bits per heavy atom. The number of likely N-dealkylation sites (tertiary alicyclic amines) is 1. The van der Waals surface area contributed by atoms with E-state index in [-0.39, 0.29) is 11.9 Å². The van der Waals surface area contributed by atoms with Crippen LogP contribution in [0.15, 0.2) is 66.2 Å². The molecule has 1 aromatic carbocycles. The van der Waals surface area contributed by atoms with Gasteiger partial charge in [-0.1, -0.05) is 30.3 Å². The fourth-order valence-corrected chi connectivity index (χ4v) is 4.43. The molecule has 1 N–H and O–H groups in total. The second-order valence-electron chi connectivity index (χ2n) is 7.29. The van der Waals surface area contributed by atoms with Crippen LogP contribution in [0.3, 0.4) is 0 Å². The summed E-state index contributed by atoms with van der Waals surface area (Å²) < 4.78 is 0. The van der Waals surface area contributed by atoms with Crippen LogP contribution in [-0.4, -0.2) is 34.9 Å². The van der Waals surface area contributed by atoms with Crippen molar-refractivity contribution < 1.29 is 4.79 Å². The van der Waals surface area contributed by atoms with Crippen molar-refractivity contribution in [1.29, 1.82) is 0 Å². The third-order valence-corrected chi connectivity index (χ3v) is 6.08. The molecule has 0 spiro atoms. The van der Waals surface area contributed by atoms with Gasteiger partial charge in [-0.2, -0.15) is 0 Å². The zero-order valence-corrected chi connectivity index (χ0v) is 16.7. The molecule has 0 atom stereocenters. The van der Waals surface area contributed by atoms with Gasteiger partial charge < -0.3 is 5.32 Å². The van der Waals surface area contributed by atoms with E-state index in [2.05, 4.69) is 57.0 Å². The topological polar surface area (TPSA) is 45.2 Å². The first kappa shape index (κ1) is 18.8. The lowest BCUT2D eigenvalue weighted by atomic mass is 10.0. The molecule has 1 amide bonds. The molecule has 2 aromatic heterocycles. The Labute approximate surface area is 170 Å². The average Bonchev–Trinajstić information content (AvgIpc) is 3.25. The molecule has 1 aliphatic heterocycles. The molecule has 0 unspecified atom stereocenters. The van der Waals surface area contributed by atoms with Crippen LogP contribution in [0.1, 0.15) is 24.1 Å². The van der Waals surface area contributed by atoms with E-state index in [1.807, 2.05) is 18.2 Å². The maximum absolute atomic E-state index is 12.2. The second-order valence-corrected chi connectivity index (χ2v) is 8.24. The van der Waals surface area contributed by atoms with Crippen LogP contribution in [0, 0.1) is 0 Å². The number of piperidine rings is 1. The van der Waals surface area contributed by atoms with Crippen LogP contribution >= 0.6 is 11.3 Å². The van der Waals surface area contributed by atoms with E-state index in [0.717, 1.165) is 38.2 Å². The highest BCUT2D eigenvalue weighted by Gasteiger charge is 2.21. The Kier molecular flexibility index (Phi) is 6.14. The molecule has 0 radical (unpaired) electrons. The minimum atomic E-state index is 0.0702. The number of rotatable bonds is 6. The van der Waals surface area contributed by atoms with Crippen molar-refractivity contribution in [2.24, 2.45) is 0 Å². The third kappa shape index (κ3) is 5.06. The van der Waals surface area contributed by atoms with E-state index in [1.54, 1.807) is 17.5 Å². The number of carbonyl (C=O) groups excluding carboxylic acids is 1. The lowest BCUT2D eigenvalue weighted by Crippen LogP contribution is -2.44. The highest BCUT2D eigenvalue weighted by molar-refractivity contribution is 7.13. The molecule has 28 heavy (non-hydrogen) atoms. The average molecular weight is 392 g/mol. The summed E-state index contributed by atoms with van der Waals surface area (Å²) in [5.74, 6) is 0.0702. The lowest BCUT2D eigenvalue weighted by molar-refractivity contribution is -0.121. The van der Waals surface area contributed by atoms with Crippen molar-refractivity contribution in [3.05, 3.63) is 77.4 Å². The summed E-state index contributed by atoms with van der Waals surface area (Å²) in [4.78, 5) is 20.3. The molecule has 4 rings (SSSR count). The van der Waals surface area contributed by atoms with Gasteiger partial charge in [-0.05, 0) is 53.6 Å². The number of amides is 1. The zero-order chi connectivity index (χ0) is 19.2. The molecule has 144 valence electrons. The van der Waals surface area contributed by atoms with E-state index < -0.39 is 0 Å². The summed E-state index contributed by atoms with van der Waals surface area (Å²) in [5.41, 5.74) is 3.47. The van der Waals surface area contributed by atoms with Gasteiger partial charge in [-0.15, -0.1) is 11.3 Å². The number of benzene rings is 1. The van der Waals surface area contributed by atoms with E-state index in [4.69, 9.17) is 0 Å². The number of hydrogen-bond donors (Lipinski definition) is 1. The number of nitrogens with zero attached hydrogens (tertiary/aromatic N) is 2. The molecule has 3 aromatic rings. The minimum Gasteiger partial charge on any atom is -0.353 e. The Morgan fingerprint density at radius 1 is 1.11 bits per heavy atom. The maximum Gasteiger partial charge on any atom is 0.226 e. The van der Waals surface area contributed by atoms with Crippen LogP contribution in [0.2, 0.25) is 0 Å². The van der Waals surface area contributed by atoms with Crippen LogP contribution in [0.5, 0.6) is 0 Å². The molecule has 4 nitrogen and oxygen atoms in total. The molecular weight excluding hydrogens is 366 g/mol. The molecule has 1 aliphatic rings. The zero-order valence-electron chi connectivity index (χ0n) is 15.9. The Hall–Kier alpha value is -2.50. The number of aromatic nitrogens is 1. The molecule has 3 heterocycles. The number of pyridine rings is 1. The van der Waals surface area contributed by atoms with E-state index in [1.165, 1.54) is 16.0 Å². The largest absolute Gasteiger partial charge is 0.353 e. The molecule has 1 saturated heterocycles. The van der Waals surface area contributed by atoms with Gasteiger partial charge in [0.1, 0.15) is 0 Å². The van der Waals surface area contributed by atoms with Gasteiger partial charge in [0.2, 0.25) is 5.91 Å². The number of thiophene rings is 1. The van der Waals surface area contributed by atoms with Crippen LogP contribution in [0.4, 0.5) is 0 Å². The summed E-state index contributed by atoms with van der Waals surface area (Å²) in [7, 11) is 0. The molecule has 0 saturated carbocycles. The van der Waals surface area contributed by atoms with Gasteiger partial charge >= 0.3 is 0 Å². The van der Waals surface area contributed by atoms with Gasteiger partial charge in [0, 0.05) is 42.4 Å². The molecule has 1 fully saturated rings. The Morgan fingerprint density at radius 3 is 2.75 bits per heavy atom. The highest BCUT2D eigenvalue weighted by Crippen LogP contribution is 2.26. The van der Waals surface area contributed by atoms with Gasteiger partial charge in [0.15, 0.2) is 0 Å². The van der Waals surface area contributed by atoms with Crippen molar-refractivity contribution in [2.75, 3.05) is 13.1 Å². The number of carbonyl (C=O) groups is 1. The fraction of sp³-hybridized carbons (Fsp3) is 0.304. The van der Waals surface area contributed by atoms with Crippen molar-refractivity contribution in [2.45, 2.75) is 31.8 Å². The highest BCUT2D eigenvalue weighted by atomic mass is 32.1. The summed E-state index contributed by atoms with van der Waals surface area (Å²) in [6.45, 7) is 2.99. The predicted molar refractivity (Wildman–Crippen MR) is 114 cm³/mol. The monoisotopic (exact) mass is 391 g/mol. The molecular formula is C23H25N3OS.